The summed E-state index contributed by atoms with van der Waals surface area (Å²) in [6, 6.07) is 44.7. The van der Waals surface area contributed by atoms with Crippen molar-refractivity contribution in [1.29, 1.82) is 0 Å². The number of fused-ring (bicyclic) bond motifs is 7. The van der Waals surface area contributed by atoms with Gasteiger partial charge < -0.3 is 4.42 Å². The van der Waals surface area contributed by atoms with Crippen molar-refractivity contribution in [3.05, 3.63) is 127 Å². The number of benzene rings is 7. The summed E-state index contributed by atoms with van der Waals surface area (Å²) in [6.45, 7) is 0. The van der Waals surface area contributed by atoms with Crippen molar-refractivity contribution in [2.24, 2.45) is 0 Å². The molecule has 0 fully saturated rings. The van der Waals surface area contributed by atoms with Crippen molar-refractivity contribution in [3.8, 4) is 39.9 Å². The fourth-order valence-electron chi connectivity index (χ4n) is 8.23. The molecule has 0 saturated carbocycles. The topological polar surface area (TPSA) is 56.7 Å². The van der Waals surface area contributed by atoms with E-state index in [0.717, 1.165) is 66.0 Å². The lowest BCUT2D eigenvalue weighted by Crippen LogP contribution is -2.55. The molecule has 7 aromatic carbocycles. The Labute approximate surface area is 311 Å². The van der Waals surface area contributed by atoms with E-state index in [2.05, 4.69) is 159 Å². The zero-order valence-electron chi connectivity index (χ0n) is 30.3. The van der Waals surface area contributed by atoms with E-state index in [-0.39, 0.29) is 0 Å². The Morgan fingerprint density at radius 3 is 1.79 bits per heavy atom. The standard InChI is InChI=1S/C43H31B5N4O/c44-36-35(37(45)39(47)40(48)38(36)46)42-49-41(50-43(51-42)52-30-13-5-3-10-26(30)27-11-4-6-14-31(27)52)29-12-7-15-32-34(29)28-19-18-25(21-33(28)53-32)24-17-16-22-8-1-2-9-23(22)20-24/h1-21H,44-48H2. The van der Waals surface area contributed by atoms with Gasteiger partial charge in [0.2, 0.25) is 5.95 Å². The van der Waals surface area contributed by atoms with Crippen molar-refractivity contribution >= 4 is 121 Å². The Bertz CT molecular complexity index is 3070. The van der Waals surface area contributed by atoms with Gasteiger partial charge in [-0.1, -0.05) is 102 Å². The van der Waals surface area contributed by atoms with Crippen LogP contribution in [-0.2, 0) is 0 Å². The number of hydrogen-bond acceptors (Lipinski definition) is 4. The summed E-state index contributed by atoms with van der Waals surface area (Å²) in [5, 5.41) is 6.77. The molecule has 0 radical (unpaired) electrons. The third-order valence-corrected chi connectivity index (χ3v) is 11.4. The van der Waals surface area contributed by atoms with Crippen molar-refractivity contribution in [3.63, 3.8) is 0 Å². The maximum absolute atomic E-state index is 6.60. The minimum absolute atomic E-state index is 0.584. The molecule has 0 amide bonds. The van der Waals surface area contributed by atoms with Crippen LogP contribution in [0.4, 0.5) is 0 Å². The van der Waals surface area contributed by atoms with Crippen LogP contribution in [0.3, 0.4) is 0 Å². The maximum Gasteiger partial charge on any atom is 0.238 e. The van der Waals surface area contributed by atoms with Gasteiger partial charge in [-0.15, -0.1) is 16.4 Å². The van der Waals surface area contributed by atoms with E-state index >= 15 is 0 Å². The van der Waals surface area contributed by atoms with Gasteiger partial charge in [0.1, 0.15) is 50.4 Å². The number of aromatic nitrogens is 4. The van der Waals surface area contributed by atoms with Crippen molar-refractivity contribution in [1.82, 2.24) is 19.5 Å². The summed E-state index contributed by atoms with van der Waals surface area (Å²) in [5.74, 6) is 1.85. The van der Waals surface area contributed by atoms with Crippen LogP contribution < -0.4 is 27.3 Å². The molecule has 0 saturated heterocycles. The highest BCUT2D eigenvalue weighted by Crippen LogP contribution is 2.39. The van der Waals surface area contributed by atoms with Crippen LogP contribution in [0.25, 0.3) is 94.4 Å². The second-order valence-corrected chi connectivity index (χ2v) is 14.2. The van der Waals surface area contributed by atoms with E-state index < -0.39 is 0 Å². The van der Waals surface area contributed by atoms with Crippen LogP contribution in [0.2, 0.25) is 0 Å². The molecule has 0 N–H and O–H groups in total. The van der Waals surface area contributed by atoms with Crippen molar-refractivity contribution in [2.45, 2.75) is 0 Å². The van der Waals surface area contributed by atoms with E-state index in [0.29, 0.717) is 17.6 Å². The molecule has 0 bridgehead atoms. The van der Waals surface area contributed by atoms with Gasteiger partial charge in [-0.25, -0.2) is 4.98 Å². The molecular formula is C43H31B5N4O. The molecule has 244 valence electrons. The molecule has 0 aliphatic heterocycles. The third kappa shape index (κ3) is 4.82. The van der Waals surface area contributed by atoms with Gasteiger partial charge in [-0.3, -0.25) is 4.57 Å². The van der Waals surface area contributed by atoms with Gasteiger partial charge in [0.05, 0.1) is 11.0 Å². The van der Waals surface area contributed by atoms with Gasteiger partial charge in [-0.2, -0.15) is 9.97 Å². The second kappa shape index (κ2) is 11.9. The van der Waals surface area contributed by atoms with Crippen molar-refractivity contribution < 1.29 is 4.42 Å². The summed E-state index contributed by atoms with van der Waals surface area (Å²) < 4.78 is 8.79. The van der Waals surface area contributed by atoms with Crippen LogP contribution >= 0.6 is 0 Å². The Balaban J connectivity index is 1.24. The highest BCUT2D eigenvalue weighted by molar-refractivity contribution is 6.68. The third-order valence-electron chi connectivity index (χ3n) is 11.4. The fraction of sp³-hybridized carbons (Fsp3) is 0. The lowest BCUT2D eigenvalue weighted by Gasteiger charge is -2.20. The van der Waals surface area contributed by atoms with E-state index in [1.807, 2.05) is 12.1 Å². The summed E-state index contributed by atoms with van der Waals surface area (Å²) in [7, 11) is 11.0. The Hall–Kier alpha value is -6.27. The summed E-state index contributed by atoms with van der Waals surface area (Å²) >= 11 is 0. The van der Waals surface area contributed by atoms with Crippen molar-refractivity contribution in [2.75, 3.05) is 0 Å². The largest absolute Gasteiger partial charge is 0.456 e. The average Bonchev–Trinajstić information content (AvgIpc) is 3.74. The quantitative estimate of drug-likeness (QED) is 0.270. The molecule has 0 unspecified atom stereocenters. The monoisotopic (exact) mass is 674 g/mol. The minimum Gasteiger partial charge on any atom is -0.456 e. The number of nitrogens with zero attached hydrogens (tertiary/aromatic N) is 4. The van der Waals surface area contributed by atoms with Gasteiger partial charge in [0, 0.05) is 32.7 Å². The lowest BCUT2D eigenvalue weighted by atomic mass is 9.60. The Kier molecular flexibility index (Phi) is 7.06. The number of rotatable bonds is 4. The first-order valence-corrected chi connectivity index (χ1v) is 18.1. The zero-order chi connectivity index (χ0) is 36.0. The first-order valence-electron chi connectivity index (χ1n) is 18.1. The molecule has 3 heterocycles. The molecule has 0 spiro atoms. The highest BCUT2D eigenvalue weighted by atomic mass is 16.3. The van der Waals surface area contributed by atoms with Crippen LogP contribution in [-0.4, -0.2) is 58.8 Å². The molecule has 3 aromatic heterocycles. The van der Waals surface area contributed by atoms with Crippen LogP contribution in [0.15, 0.2) is 132 Å². The number of para-hydroxylation sites is 2. The first-order chi connectivity index (χ1) is 25.9. The average molecular weight is 674 g/mol. The summed E-state index contributed by atoms with van der Waals surface area (Å²) in [4.78, 5) is 16.0. The van der Waals surface area contributed by atoms with Crippen LogP contribution in [0.5, 0.6) is 0 Å². The highest BCUT2D eigenvalue weighted by Gasteiger charge is 2.23. The van der Waals surface area contributed by atoms with E-state index in [1.165, 1.54) is 38.1 Å². The molecule has 0 aliphatic carbocycles. The van der Waals surface area contributed by atoms with Gasteiger partial charge >= 0.3 is 0 Å². The van der Waals surface area contributed by atoms with E-state index in [1.54, 1.807) is 0 Å². The molecule has 10 heteroatoms. The minimum atomic E-state index is 0.584. The van der Waals surface area contributed by atoms with E-state index in [4.69, 9.17) is 19.4 Å². The van der Waals surface area contributed by atoms with Gasteiger partial charge in [0.25, 0.3) is 0 Å². The Morgan fingerprint density at radius 2 is 1.06 bits per heavy atom. The van der Waals surface area contributed by atoms with Crippen LogP contribution in [0, 0.1) is 0 Å². The van der Waals surface area contributed by atoms with Crippen LogP contribution in [0.1, 0.15) is 0 Å². The molecular weight excluding hydrogens is 643 g/mol. The summed E-state index contributed by atoms with van der Waals surface area (Å²) in [5.41, 5.74) is 14.1. The molecule has 0 aliphatic rings. The van der Waals surface area contributed by atoms with E-state index in [9.17, 15) is 0 Å². The predicted molar refractivity (Wildman–Crippen MR) is 236 cm³/mol. The number of furan rings is 1. The second-order valence-electron chi connectivity index (χ2n) is 14.2. The normalized spacial score (nSPS) is 11.8. The molecule has 53 heavy (non-hydrogen) atoms. The zero-order valence-corrected chi connectivity index (χ0v) is 30.3. The molecule has 10 rings (SSSR count). The predicted octanol–water partition coefficient (Wildman–Crippen LogP) is 2.31. The first kappa shape index (κ1) is 31.5. The maximum atomic E-state index is 6.60. The SMILES string of the molecule is Bc1c(B)c(B)c(-c2nc(-c3cccc4oc5cc(-c6ccc7ccccc7c6)ccc5c34)nc(-n3c4ccccc4c4ccccc43)n2)c(B)c1B. The molecule has 10 aromatic rings. The van der Waals surface area contributed by atoms with Gasteiger partial charge in [0.15, 0.2) is 11.6 Å². The molecule has 5 nitrogen and oxygen atoms in total. The number of hydrogen-bond donors (Lipinski definition) is 0. The Morgan fingerprint density at radius 1 is 0.453 bits per heavy atom. The molecule has 0 atom stereocenters. The van der Waals surface area contributed by atoms with Gasteiger partial charge in [-0.05, 0) is 58.3 Å². The fourth-order valence-corrected chi connectivity index (χ4v) is 8.23. The smallest absolute Gasteiger partial charge is 0.238 e. The lowest BCUT2D eigenvalue weighted by molar-refractivity contribution is 0.669. The summed E-state index contributed by atoms with van der Waals surface area (Å²) in [6.07, 6.45) is 0.